The molecule has 0 radical (unpaired) electrons. The smallest absolute Gasteiger partial charge is 0.0628 e. The Labute approximate surface area is 106 Å². The lowest BCUT2D eigenvalue weighted by Gasteiger charge is -2.41. The van der Waals surface area contributed by atoms with Gasteiger partial charge in [-0.15, -0.1) is 0 Å². The topological polar surface area (TPSA) is 35.5 Å². The predicted octanol–water partition coefficient (Wildman–Crippen LogP) is 1.61. The number of nitrogens with zero attached hydrogens (tertiary/aromatic N) is 1. The van der Waals surface area contributed by atoms with E-state index >= 15 is 0 Å². The molecule has 2 aliphatic rings. The first-order valence-electron chi connectivity index (χ1n) is 7.27. The Kier molecular flexibility index (Phi) is 4.45. The zero-order chi connectivity index (χ0) is 12.3. The Hall–Kier alpha value is -0.120. The maximum atomic E-state index is 9.88. The number of hydrogen-bond acceptors (Lipinski definition) is 3. The number of aliphatic hydroxyl groups is 1. The van der Waals surface area contributed by atoms with Gasteiger partial charge in [-0.2, -0.15) is 0 Å². The average molecular weight is 240 g/mol. The van der Waals surface area contributed by atoms with E-state index in [2.05, 4.69) is 24.1 Å². The molecule has 1 atom stereocenters. The second-order valence-electron chi connectivity index (χ2n) is 6.22. The maximum Gasteiger partial charge on any atom is 0.0628 e. The van der Waals surface area contributed by atoms with Crippen molar-refractivity contribution in [1.82, 2.24) is 10.2 Å². The molecule has 0 amide bonds. The Morgan fingerprint density at radius 1 is 1.24 bits per heavy atom. The van der Waals surface area contributed by atoms with Gasteiger partial charge in [0, 0.05) is 12.6 Å². The van der Waals surface area contributed by atoms with Gasteiger partial charge in [0.1, 0.15) is 0 Å². The first-order chi connectivity index (χ1) is 8.16. The molecule has 17 heavy (non-hydrogen) atoms. The van der Waals surface area contributed by atoms with Crippen molar-refractivity contribution in [2.45, 2.75) is 57.5 Å². The fourth-order valence-electron chi connectivity index (χ4n) is 3.24. The standard InChI is InChI=1S/C14H28N2O/c1-12(2)15-14(11-17,13-6-7-13)10-16-8-4-3-5-9-16/h12-13,15,17H,3-11H2,1-2H3. The largest absolute Gasteiger partial charge is 0.394 e. The molecule has 0 aromatic rings. The van der Waals surface area contributed by atoms with Gasteiger partial charge in [0.25, 0.3) is 0 Å². The quantitative estimate of drug-likeness (QED) is 0.740. The molecule has 1 saturated heterocycles. The number of piperidine rings is 1. The van der Waals surface area contributed by atoms with Crippen LogP contribution in [0.25, 0.3) is 0 Å². The predicted molar refractivity (Wildman–Crippen MR) is 71.1 cm³/mol. The molecule has 0 aromatic carbocycles. The van der Waals surface area contributed by atoms with E-state index < -0.39 is 0 Å². The summed E-state index contributed by atoms with van der Waals surface area (Å²) in [6.45, 7) is 8.12. The highest BCUT2D eigenvalue weighted by atomic mass is 16.3. The minimum Gasteiger partial charge on any atom is -0.394 e. The van der Waals surface area contributed by atoms with Crippen LogP contribution in [0.15, 0.2) is 0 Å². The van der Waals surface area contributed by atoms with Crippen molar-refractivity contribution in [3.05, 3.63) is 0 Å². The third kappa shape index (κ3) is 3.43. The van der Waals surface area contributed by atoms with E-state index in [1.807, 2.05) is 0 Å². The van der Waals surface area contributed by atoms with E-state index in [9.17, 15) is 5.11 Å². The summed E-state index contributed by atoms with van der Waals surface area (Å²) in [7, 11) is 0. The summed E-state index contributed by atoms with van der Waals surface area (Å²) in [4.78, 5) is 2.55. The van der Waals surface area contributed by atoms with Crippen LogP contribution < -0.4 is 5.32 Å². The average Bonchev–Trinajstić information content (AvgIpc) is 3.13. The summed E-state index contributed by atoms with van der Waals surface area (Å²) in [5.41, 5.74) is -0.0362. The van der Waals surface area contributed by atoms with E-state index in [-0.39, 0.29) is 12.1 Å². The molecule has 1 saturated carbocycles. The molecular formula is C14H28N2O. The van der Waals surface area contributed by atoms with Gasteiger partial charge in [-0.3, -0.25) is 0 Å². The minimum absolute atomic E-state index is 0.0362. The first kappa shape index (κ1) is 13.3. The zero-order valence-corrected chi connectivity index (χ0v) is 11.4. The second kappa shape index (κ2) is 5.68. The number of nitrogens with one attached hydrogen (secondary N) is 1. The molecule has 2 rings (SSSR count). The monoisotopic (exact) mass is 240 g/mol. The van der Waals surface area contributed by atoms with Crippen molar-refractivity contribution < 1.29 is 5.11 Å². The molecular weight excluding hydrogens is 212 g/mol. The van der Waals surface area contributed by atoms with Gasteiger partial charge in [0.2, 0.25) is 0 Å². The lowest BCUT2D eigenvalue weighted by atomic mass is 9.91. The van der Waals surface area contributed by atoms with E-state index in [1.54, 1.807) is 0 Å². The third-order valence-electron chi connectivity index (χ3n) is 4.17. The summed E-state index contributed by atoms with van der Waals surface area (Å²) >= 11 is 0. The molecule has 0 bridgehead atoms. The van der Waals surface area contributed by atoms with Gasteiger partial charge in [0.05, 0.1) is 12.1 Å². The molecule has 1 aliphatic carbocycles. The molecule has 1 unspecified atom stereocenters. The number of rotatable bonds is 6. The van der Waals surface area contributed by atoms with Crippen LogP contribution in [-0.4, -0.2) is 47.8 Å². The van der Waals surface area contributed by atoms with Gasteiger partial charge in [-0.1, -0.05) is 20.3 Å². The third-order valence-corrected chi connectivity index (χ3v) is 4.17. The van der Waals surface area contributed by atoms with Gasteiger partial charge in [0.15, 0.2) is 0 Å². The number of aliphatic hydroxyl groups excluding tert-OH is 1. The van der Waals surface area contributed by atoms with E-state index in [1.165, 1.54) is 45.2 Å². The number of likely N-dealkylation sites (tertiary alicyclic amines) is 1. The summed E-state index contributed by atoms with van der Waals surface area (Å²) in [6, 6.07) is 0.451. The summed E-state index contributed by atoms with van der Waals surface area (Å²) < 4.78 is 0. The highest BCUT2D eigenvalue weighted by Crippen LogP contribution is 2.40. The van der Waals surface area contributed by atoms with Crippen LogP contribution in [0, 0.1) is 5.92 Å². The van der Waals surface area contributed by atoms with Crippen molar-refractivity contribution in [3.8, 4) is 0 Å². The van der Waals surface area contributed by atoms with Crippen molar-refractivity contribution in [3.63, 3.8) is 0 Å². The van der Waals surface area contributed by atoms with Gasteiger partial charge >= 0.3 is 0 Å². The Morgan fingerprint density at radius 3 is 2.35 bits per heavy atom. The fraction of sp³-hybridized carbons (Fsp3) is 1.00. The lowest BCUT2D eigenvalue weighted by Crippen LogP contribution is -2.60. The molecule has 2 fully saturated rings. The van der Waals surface area contributed by atoms with Gasteiger partial charge < -0.3 is 15.3 Å². The van der Waals surface area contributed by atoms with Crippen LogP contribution in [0.1, 0.15) is 46.0 Å². The Balaban J connectivity index is 1.97. The van der Waals surface area contributed by atoms with Crippen LogP contribution >= 0.6 is 0 Å². The normalized spacial score (nSPS) is 26.1. The van der Waals surface area contributed by atoms with Gasteiger partial charge in [-0.05, 0) is 44.7 Å². The van der Waals surface area contributed by atoms with Crippen LogP contribution in [0.2, 0.25) is 0 Å². The van der Waals surface area contributed by atoms with Gasteiger partial charge in [-0.25, -0.2) is 0 Å². The molecule has 3 heteroatoms. The van der Waals surface area contributed by atoms with Crippen LogP contribution in [0.5, 0.6) is 0 Å². The van der Waals surface area contributed by atoms with Crippen molar-refractivity contribution in [1.29, 1.82) is 0 Å². The highest BCUT2D eigenvalue weighted by molar-refractivity contribution is 5.03. The molecule has 1 heterocycles. The molecule has 0 aromatic heterocycles. The van der Waals surface area contributed by atoms with E-state index in [0.29, 0.717) is 12.0 Å². The summed E-state index contributed by atoms with van der Waals surface area (Å²) in [6.07, 6.45) is 6.60. The second-order valence-corrected chi connectivity index (χ2v) is 6.22. The minimum atomic E-state index is -0.0362. The van der Waals surface area contributed by atoms with E-state index in [4.69, 9.17) is 0 Å². The SMILES string of the molecule is CC(C)NC(CO)(CN1CCCCC1)C1CC1. The molecule has 100 valence electrons. The molecule has 3 nitrogen and oxygen atoms in total. The van der Waals surface area contributed by atoms with Crippen molar-refractivity contribution >= 4 is 0 Å². The first-order valence-corrected chi connectivity index (χ1v) is 7.27. The lowest BCUT2D eigenvalue weighted by molar-refractivity contribution is 0.0753. The Bertz CT molecular complexity index is 234. The molecule has 1 aliphatic heterocycles. The summed E-state index contributed by atoms with van der Waals surface area (Å²) in [5.74, 6) is 0.692. The number of hydrogen-bond donors (Lipinski definition) is 2. The van der Waals surface area contributed by atoms with Crippen molar-refractivity contribution in [2.75, 3.05) is 26.2 Å². The highest BCUT2D eigenvalue weighted by Gasteiger charge is 2.45. The molecule has 2 N–H and O–H groups in total. The van der Waals surface area contributed by atoms with Crippen molar-refractivity contribution in [2.24, 2.45) is 5.92 Å². The summed E-state index contributed by atoms with van der Waals surface area (Å²) in [5, 5.41) is 13.5. The van der Waals surface area contributed by atoms with Crippen LogP contribution in [0.3, 0.4) is 0 Å². The Morgan fingerprint density at radius 2 is 1.88 bits per heavy atom. The maximum absolute atomic E-state index is 9.88. The zero-order valence-electron chi connectivity index (χ0n) is 11.4. The van der Waals surface area contributed by atoms with Crippen LogP contribution in [0.4, 0.5) is 0 Å². The van der Waals surface area contributed by atoms with Crippen LogP contribution in [-0.2, 0) is 0 Å². The fourth-order valence-corrected chi connectivity index (χ4v) is 3.24. The molecule has 0 spiro atoms. The van der Waals surface area contributed by atoms with E-state index in [0.717, 1.165) is 6.54 Å².